The van der Waals surface area contributed by atoms with Crippen LogP contribution in [0.1, 0.15) is 23.1 Å². The minimum atomic E-state index is -0.471. The molecule has 0 unspecified atom stereocenters. The third kappa shape index (κ3) is 1.98. The van der Waals surface area contributed by atoms with E-state index in [-0.39, 0.29) is 11.6 Å². The van der Waals surface area contributed by atoms with Gasteiger partial charge in [0, 0.05) is 6.20 Å². The highest BCUT2D eigenvalue weighted by Gasteiger charge is 2.19. The van der Waals surface area contributed by atoms with Gasteiger partial charge in [-0.1, -0.05) is 12.0 Å². The molecule has 0 atom stereocenters. The molecule has 0 radical (unpaired) electrons. The smallest absolute Gasteiger partial charge is 0.277 e. The lowest BCUT2D eigenvalue weighted by atomic mass is 10.2. The Morgan fingerprint density at radius 2 is 2.35 bits per heavy atom. The van der Waals surface area contributed by atoms with Crippen LogP contribution in [0.4, 0.5) is 10.3 Å². The fourth-order valence-electron chi connectivity index (χ4n) is 1.93. The SMILES string of the molecule is CCc1nc2ccc(F)cn2c1C(=O)Nc1nn[nH]n1. The van der Waals surface area contributed by atoms with Crippen LogP contribution in [0.15, 0.2) is 18.3 Å². The second kappa shape index (κ2) is 4.68. The van der Waals surface area contributed by atoms with Crippen LogP contribution in [0.25, 0.3) is 5.65 Å². The number of nitrogens with one attached hydrogen (secondary N) is 2. The van der Waals surface area contributed by atoms with E-state index in [0.29, 0.717) is 17.8 Å². The van der Waals surface area contributed by atoms with Crippen molar-refractivity contribution in [2.24, 2.45) is 0 Å². The number of hydrogen-bond acceptors (Lipinski definition) is 5. The highest BCUT2D eigenvalue weighted by molar-refractivity contribution is 6.03. The lowest BCUT2D eigenvalue weighted by Gasteiger charge is -2.03. The lowest BCUT2D eigenvalue weighted by molar-refractivity contribution is 0.101. The maximum Gasteiger partial charge on any atom is 0.277 e. The van der Waals surface area contributed by atoms with Crippen LogP contribution in [-0.4, -0.2) is 35.9 Å². The van der Waals surface area contributed by atoms with Crippen molar-refractivity contribution >= 4 is 17.5 Å². The Hall–Kier alpha value is -2.84. The molecule has 0 aliphatic rings. The Balaban J connectivity index is 2.08. The van der Waals surface area contributed by atoms with Crippen molar-refractivity contribution < 1.29 is 9.18 Å². The molecule has 0 saturated carbocycles. The van der Waals surface area contributed by atoms with Crippen molar-refractivity contribution in [3.63, 3.8) is 0 Å². The van der Waals surface area contributed by atoms with Gasteiger partial charge in [0.05, 0.1) is 5.69 Å². The first-order chi connectivity index (χ1) is 9.69. The molecule has 0 bridgehead atoms. The van der Waals surface area contributed by atoms with Crippen LogP contribution in [-0.2, 0) is 6.42 Å². The van der Waals surface area contributed by atoms with E-state index in [4.69, 9.17) is 0 Å². The summed E-state index contributed by atoms with van der Waals surface area (Å²) >= 11 is 0. The molecular weight excluding hydrogens is 265 g/mol. The number of carbonyl (C=O) groups excluding carboxylic acids is 1. The zero-order chi connectivity index (χ0) is 14.1. The van der Waals surface area contributed by atoms with Gasteiger partial charge in [-0.2, -0.15) is 5.21 Å². The first kappa shape index (κ1) is 12.2. The molecule has 2 N–H and O–H groups in total. The number of nitrogens with zero attached hydrogens (tertiary/aromatic N) is 5. The molecule has 8 nitrogen and oxygen atoms in total. The standard InChI is InChI=1S/C11H10FN7O/c1-2-7-9(10(20)14-11-15-17-18-16-11)19-5-6(12)3-4-8(19)13-7/h3-5H,2H2,1H3,(H2,14,15,16,17,18,20). The molecule has 0 aliphatic carbocycles. The molecule has 0 spiro atoms. The Bertz CT molecular complexity index is 765. The minimum Gasteiger partial charge on any atom is -0.292 e. The van der Waals surface area contributed by atoms with E-state index in [1.165, 1.54) is 22.7 Å². The van der Waals surface area contributed by atoms with Gasteiger partial charge in [-0.15, -0.1) is 5.10 Å². The second-order valence-electron chi connectivity index (χ2n) is 4.03. The highest BCUT2D eigenvalue weighted by atomic mass is 19.1. The average Bonchev–Trinajstić information content (AvgIpc) is 3.04. The van der Waals surface area contributed by atoms with E-state index in [0.717, 1.165) is 0 Å². The van der Waals surface area contributed by atoms with E-state index < -0.39 is 11.7 Å². The van der Waals surface area contributed by atoms with E-state index >= 15 is 0 Å². The summed E-state index contributed by atoms with van der Waals surface area (Å²) in [5, 5.41) is 15.3. The maximum atomic E-state index is 13.4. The van der Waals surface area contributed by atoms with E-state index in [1.54, 1.807) is 0 Å². The van der Waals surface area contributed by atoms with Crippen molar-refractivity contribution in [2.75, 3.05) is 5.32 Å². The van der Waals surface area contributed by atoms with Crippen LogP contribution in [0.5, 0.6) is 0 Å². The fraction of sp³-hybridized carbons (Fsp3) is 0.182. The van der Waals surface area contributed by atoms with Gasteiger partial charge in [0.1, 0.15) is 17.2 Å². The Morgan fingerprint density at radius 1 is 1.50 bits per heavy atom. The summed E-state index contributed by atoms with van der Waals surface area (Å²) in [5.74, 6) is -0.879. The molecule has 102 valence electrons. The van der Waals surface area contributed by atoms with E-state index in [1.807, 2.05) is 6.92 Å². The van der Waals surface area contributed by atoms with Gasteiger partial charge >= 0.3 is 0 Å². The van der Waals surface area contributed by atoms with E-state index in [2.05, 4.69) is 30.9 Å². The zero-order valence-electron chi connectivity index (χ0n) is 10.5. The number of aromatic amines is 1. The largest absolute Gasteiger partial charge is 0.292 e. The Morgan fingerprint density at radius 3 is 3.05 bits per heavy atom. The van der Waals surface area contributed by atoms with Gasteiger partial charge in [-0.05, 0) is 23.8 Å². The van der Waals surface area contributed by atoms with Gasteiger partial charge in [0.25, 0.3) is 11.9 Å². The first-order valence-electron chi connectivity index (χ1n) is 5.90. The molecule has 0 saturated heterocycles. The molecule has 0 fully saturated rings. The zero-order valence-corrected chi connectivity index (χ0v) is 10.5. The molecule has 3 heterocycles. The molecule has 20 heavy (non-hydrogen) atoms. The molecule has 3 aromatic rings. The maximum absolute atomic E-state index is 13.4. The number of rotatable bonds is 3. The lowest BCUT2D eigenvalue weighted by Crippen LogP contribution is -2.17. The molecule has 9 heteroatoms. The quantitative estimate of drug-likeness (QED) is 0.736. The third-order valence-corrected chi connectivity index (χ3v) is 2.78. The van der Waals surface area contributed by atoms with Crippen molar-refractivity contribution in [3.8, 4) is 0 Å². The summed E-state index contributed by atoms with van der Waals surface area (Å²) < 4.78 is 14.8. The fourth-order valence-corrected chi connectivity index (χ4v) is 1.93. The number of imidazole rings is 1. The number of halogens is 1. The van der Waals surface area contributed by atoms with Gasteiger partial charge in [0.15, 0.2) is 0 Å². The topological polar surface area (TPSA) is 101 Å². The Kier molecular flexibility index (Phi) is 2.86. The summed E-state index contributed by atoms with van der Waals surface area (Å²) in [6, 6.07) is 2.81. The minimum absolute atomic E-state index is 0.0448. The average molecular weight is 275 g/mol. The predicted octanol–water partition coefficient (Wildman–Crippen LogP) is 0.801. The molecular formula is C11H10FN7O. The summed E-state index contributed by atoms with van der Waals surface area (Å²) in [6.45, 7) is 1.86. The van der Waals surface area contributed by atoms with Crippen LogP contribution in [0.3, 0.4) is 0 Å². The summed E-state index contributed by atoms with van der Waals surface area (Å²) in [4.78, 5) is 16.6. The number of hydrogen-bond donors (Lipinski definition) is 2. The number of aryl methyl sites for hydroxylation is 1. The van der Waals surface area contributed by atoms with Crippen LogP contribution in [0.2, 0.25) is 0 Å². The number of anilines is 1. The number of pyridine rings is 1. The van der Waals surface area contributed by atoms with Crippen LogP contribution < -0.4 is 5.32 Å². The van der Waals surface area contributed by atoms with Gasteiger partial charge in [0.2, 0.25) is 0 Å². The highest BCUT2D eigenvalue weighted by Crippen LogP contribution is 2.15. The second-order valence-corrected chi connectivity index (χ2v) is 4.03. The predicted molar refractivity (Wildman–Crippen MR) is 66.7 cm³/mol. The summed E-state index contributed by atoms with van der Waals surface area (Å²) in [6.07, 6.45) is 1.75. The van der Waals surface area contributed by atoms with Crippen LogP contribution in [0, 0.1) is 5.82 Å². The number of amides is 1. The molecule has 0 aliphatic heterocycles. The van der Waals surface area contributed by atoms with Gasteiger partial charge < -0.3 is 0 Å². The summed E-state index contributed by atoms with van der Waals surface area (Å²) in [7, 11) is 0. The van der Waals surface area contributed by atoms with Gasteiger partial charge in [-0.3, -0.25) is 14.5 Å². The number of tetrazole rings is 1. The van der Waals surface area contributed by atoms with Crippen molar-refractivity contribution in [1.29, 1.82) is 0 Å². The normalized spacial score (nSPS) is 10.9. The number of carbonyl (C=O) groups is 1. The number of aromatic nitrogens is 6. The van der Waals surface area contributed by atoms with Crippen molar-refractivity contribution in [3.05, 3.63) is 35.5 Å². The third-order valence-electron chi connectivity index (χ3n) is 2.78. The van der Waals surface area contributed by atoms with Gasteiger partial charge in [-0.25, -0.2) is 9.37 Å². The van der Waals surface area contributed by atoms with Crippen LogP contribution >= 0.6 is 0 Å². The molecule has 3 aromatic heterocycles. The number of H-pyrrole nitrogens is 1. The molecule has 0 aromatic carbocycles. The molecule has 1 amide bonds. The first-order valence-corrected chi connectivity index (χ1v) is 5.90. The van der Waals surface area contributed by atoms with Crippen molar-refractivity contribution in [2.45, 2.75) is 13.3 Å². The number of fused-ring (bicyclic) bond motifs is 1. The summed E-state index contributed by atoms with van der Waals surface area (Å²) in [5.41, 5.74) is 1.32. The Labute approximate surface area is 112 Å². The monoisotopic (exact) mass is 275 g/mol. The molecule has 3 rings (SSSR count). The van der Waals surface area contributed by atoms with Crippen molar-refractivity contribution in [1.82, 2.24) is 30.0 Å². The van der Waals surface area contributed by atoms with E-state index in [9.17, 15) is 9.18 Å².